The van der Waals surface area contributed by atoms with Gasteiger partial charge < -0.3 is 5.32 Å². The fourth-order valence-electron chi connectivity index (χ4n) is 4.42. The van der Waals surface area contributed by atoms with E-state index in [4.69, 9.17) is 0 Å². The zero-order chi connectivity index (χ0) is 15.1. The lowest BCUT2D eigenvalue weighted by atomic mass is 9.82. The Morgan fingerprint density at radius 2 is 1.81 bits per heavy atom. The summed E-state index contributed by atoms with van der Waals surface area (Å²) in [5.41, 5.74) is -1.50. The molecule has 3 fully saturated rings. The van der Waals surface area contributed by atoms with E-state index >= 15 is 0 Å². The van der Waals surface area contributed by atoms with Crippen molar-refractivity contribution in [3.63, 3.8) is 0 Å². The van der Waals surface area contributed by atoms with Crippen LogP contribution in [0.15, 0.2) is 0 Å². The molecule has 1 heterocycles. The molecule has 1 aliphatic heterocycles. The van der Waals surface area contributed by atoms with Crippen LogP contribution in [0, 0.1) is 5.92 Å². The molecule has 0 spiro atoms. The van der Waals surface area contributed by atoms with Crippen LogP contribution < -0.4 is 5.32 Å². The van der Waals surface area contributed by atoms with Crippen molar-refractivity contribution in [1.29, 1.82) is 0 Å². The molecule has 0 bridgehead atoms. The predicted molar refractivity (Wildman–Crippen MR) is 77.2 cm³/mol. The van der Waals surface area contributed by atoms with Gasteiger partial charge in [-0.25, -0.2) is 0 Å². The van der Waals surface area contributed by atoms with Crippen molar-refractivity contribution in [3.05, 3.63) is 0 Å². The highest BCUT2D eigenvalue weighted by Gasteiger charge is 2.68. The van der Waals surface area contributed by atoms with E-state index in [0.29, 0.717) is 25.3 Å². The molecule has 2 saturated carbocycles. The first-order valence-electron chi connectivity index (χ1n) is 8.55. The second-order valence-electron chi connectivity index (χ2n) is 7.16. The first-order chi connectivity index (χ1) is 9.98. The Hall–Kier alpha value is -0.290. The molecule has 0 radical (unpaired) electrons. The predicted octanol–water partition coefficient (Wildman–Crippen LogP) is 3.71. The molecular formula is C16H27F3N2. The molecule has 2 atom stereocenters. The molecule has 1 N–H and O–H groups in total. The topological polar surface area (TPSA) is 15.3 Å². The maximum atomic E-state index is 13.5. The fourth-order valence-corrected chi connectivity index (χ4v) is 4.42. The van der Waals surface area contributed by atoms with Crippen molar-refractivity contribution in [2.75, 3.05) is 13.1 Å². The van der Waals surface area contributed by atoms with Gasteiger partial charge in [-0.3, -0.25) is 4.90 Å². The summed E-state index contributed by atoms with van der Waals surface area (Å²) in [4.78, 5) is 1.82. The Bertz CT molecular complexity index is 359. The molecule has 0 amide bonds. The van der Waals surface area contributed by atoms with Crippen molar-refractivity contribution in [2.45, 2.75) is 82.1 Å². The van der Waals surface area contributed by atoms with Crippen LogP contribution >= 0.6 is 0 Å². The normalized spacial score (nSPS) is 34.9. The number of piperazine rings is 1. The SMILES string of the molecule is CCC1CNC(C2CCCCC2)CN1C1(C(F)(F)F)CC1. The number of nitrogens with zero attached hydrogens (tertiary/aromatic N) is 1. The minimum absolute atomic E-state index is 0.0361. The van der Waals surface area contributed by atoms with Gasteiger partial charge in [0.1, 0.15) is 5.54 Å². The van der Waals surface area contributed by atoms with E-state index < -0.39 is 11.7 Å². The zero-order valence-electron chi connectivity index (χ0n) is 12.9. The maximum absolute atomic E-state index is 13.5. The lowest BCUT2D eigenvalue weighted by molar-refractivity contribution is -0.207. The first-order valence-corrected chi connectivity index (χ1v) is 8.55. The van der Waals surface area contributed by atoms with E-state index in [0.717, 1.165) is 13.0 Å². The van der Waals surface area contributed by atoms with Crippen LogP contribution in [0.4, 0.5) is 13.2 Å². The van der Waals surface area contributed by atoms with Crippen LogP contribution in [0.2, 0.25) is 0 Å². The van der Waals surface area contributed by atoms with Crippen LogP contribution in [0.1, 0.15) is 58.3 Å². The van der Waals surface area contributed by atoms with Crippen molar-refractivity contribution < 1.29 is 13.2 Å². The summed E-state index contributed by atoms with van der Waals surface area (Å²) in [5.74, 6) is 0.572. The van der Waals surface area contributed by atoms with Crippen LogP contribution in [0.3, 0.4) is 0 Å². The highest BCUT2D eigenvalue weighted by atomic mass is 19.4. The van der Waals surface area contributed by atoms with Crippen molar-refractivity contribution in [2.24, 2.45) is 5.92 Å². The average molecular weight is 304 g/mol. The van der Waals surface area contributed by atoms with E-state index in [1.165, 1.54) is 32.1 Å². The van der Waals surface area contributed by atoms with E-state index in [2.05, 4.69) is 5.32 Å². The van der Waals surface area contributed by atoms with Crippen LogP contribution in [-0.2, 0) is 0 Å². The van der Waals surface area contributed by atoms with Crippen LogP contribution in [-0.4, -0.2) is 41.8 Å². The van der Waals surface area contributed by atoms with Gasteiger partial charge in [0.2, 0.25) is 0 Å². The van der Waals surface area contributed by atoms with E-state index in [9.17, 15) is 13.2 Å². The Labute approximate surface area is 125 Å². The van der Waals surface area contributed by atoms with Crippen molar-refractivity contribution in [1.82, 2.24) is 10.2 Å². The molecule has 2 nitrogen and oxygen atoms in total. The number of nitrogens with one attached hydrogen (secondary N) is 1. The van der Waals surface area contributed by atoms with Gasteiger partial charge in [0.05, 0.1) is 0 Å². The summed E-state index contributed by atoms with van der Waals surface area (Å²) in [6, 6.07) is 0.293. The lowest BCUT2D eigenvalue weighted by Crippen LogP contribution is -2.65. The Balaban J connectivity index is 1.73. The summed E-state index contributed by atoms with van der Waals surface area (Å²) in [6.07, 6.45) is 3.44. The molecule has 1 saturated heterocycles. The molecule has 3 aliphatic rings. The van der Waals surface area contributed by atoms with Gasteiger partial charge in [-0.1, -0.05) is 26.2 Å². The molecule has 0 aromatic carbocycles. The van der Waals surface area contributed by atoms with E-state index in [-0.39, 0.29) is 12.1 Å². The quantitative estimate of drug-likeness (QED) is 0.855. The minimum Gasteiger partial charge on any atom is -0.311 e. The molecule has 0 aromatic rings. The van der Waals surface area contributed by atoms with Gasteiger partial charge in [-0.2, -0.15) is 13.2 Å². The fraction of sp³-hybridized carbons (Fsp3) is 1.00. The summed E-state index contributed by atoms with van der Waals surface area (Å²) < 4.78 is 40.5. The summed E-state index contributed by atoms with van der Waals surface area (Å²) >= 11 is 0. The van der Waals surface area contributed by atoms with Gasteiger partial charge in [0.25, 0.3) is 0 Å². The third-order valence-electron chi connectivity index (χ3n) is 5.94. The van der Waals surface area contributed by atoms with Gasteiger partial charge in [-0.15, -0.1) is 0 Å². The van der Waals surface area contributed by atoms with Gasteiger partial charge in [0, 0.05) is 25.2 Å². The first kappa shape index (κ1) is 15.6. The smallest absolute Gasteiger partial charge is 0.311 e. The number of hydrogen-bond donors (Lipinski definition) is 1. The average Bonchev–Trinajstić information content (AvgIpc) is 3.29. The number of halogens is 3. The Morgan fingerprint density at radius 3 is 2.33 bits per heavy atom. The van der Waals surface area contributed by atoms with Crippen LogP contribution in [0.25, 0.3) is 0 Å². The highest BCUT2D eigenvalue weighted by molar-refractivity contribution is 5.13. The Kier molecular flexibility index (Phi) is 4.25. The monoisotopic (exact) mass is 304 g/mol. The van der Waals surface area contributed by atoms with Gasteiger partial charge in [-0.05, 0) is 38.0 Å². The molecule has 2 aliphatic carbocycles. The number of rotatable bonds is 3. The van der Waals surface area contributed by atoms with Gasteiger partial charge >= 0.3 is 6.18 Å². The Morgan fingerprint density at radius 1 is 1.14 bits per heavy atom. The molecule has 3 rings (SSSR count). The third kappa shape index (κ3) is 2.83. The molecular weight excluding hydrogens is 277 g/mol. The molecule has 2 unspecified atom stereocenters. The summed E-state index contributed by atoms with van der Waals surface area (Å²) in [5, 5.41) is 3.56. The molecule has 5 heteroatoms. The minimum atomic E-state index is -4.07. The van der Waals surface area contributed by atoms with Crippen LogP contribution in [0.5, 0.6) is 0 Å². The molecule has 122 valence electrons. The van der Waals surface area contributed by atoms with E-state index in [1.54, 1.807) is 0 Å². The molecule has 0 aromatic heterocycles. The van der Waals surface area contributed by atoms with Crippen molar-refractivity contribution >= 4 is 0 Å². The van der Waals surface area contributed by atoms with Crippen molar-refractivity contribution in [3.8, 4) is 0 Å². The zero-order valence-corrected chi connectivity index (χ0v) is 12.9. The van der Waals surface area contributed by atoms with E-state index in [1.807, 2.05) is 11.8 Å². The largest absolute Gasteiger partial charge is 0.406 e. The molecule has 21 heavy (non-hydrogen) atoms. The number of hydrogen-bond acceptors (Lipinski definition) is 2. The highest BCUT2D eigenvalue weighted by Crippen LogP contribution is 2.55. The lowest BCUT2D eigenvalue weighted by Gasteiger charge is -2.47. The third-order valence-corrected chi connectivity index (χ3v) is 5.94. The van der Waals surface area contributed by atoms with Gasteiger partial charge in [0.15, 0.2) is 0 Å². The number of alkyl halides is 3. The summed E-state index contributed by atoms with van der Waals surface area (Å²) in [7, 11) is 0. The maximum Gasteiger partial charge on any atom is 0.406 e. The second-order valence-corrected chi connectivity index (χ2v) is 7.16. The summed E-state index contributed by atoms with van der Waals surface area (Å²) in [6.45, 7) is 3.31. The standard InChI is InChI=1S/C16H27F3N2/c1-2-13-10-20-14(12-6-4-3-5-7-12)11-21(13)15(8-9-15)16(17,18)19/h12-14,20H,2-11H2,1H3. The second kappa shape index (κ2) is 5.73.